The number of para-hydroxylation sites is 3. The highest BCUT2D eigenvalue weighted by atomic mass is 15.3. The normalized spacial score (nSPS) is 13.2. The smallest absolute Gasteiger partial charge is 0.235 e. The Bertz CT molecular complexity index is 3840. The molecular weight excluding hydrogens is 939 g/mol. The summed E-state index contributed by atoms with van der Waals surface area (Å²) in [5, 5.41) is 0. The molecule has 2 heterocycles. The van der Waals surface area contributed by atoms with E-state index < -0.39 is 0 Å². The Hall–Kier alpha value is -10.2. The van der Waals surface area contributed by atoms with Crippen molar-refractivity contribution in [2.24, 2.45) is 0 Å². The summed E-state index contributed by atoms with van der Waals surface area (Å²) in [7, 11) is 0. The lowest BCUT2D eigenvalue weighted by Crippen LogP contribution is -2.19. The van der Waals surface area contributed by atoms with Gasteiger partial charge < -0.3 is 19.6 Å². The number of hydrogen-bond acceptors (Lipinski definition) is 7. The van der Waals surface area contributed by atoms with Crippen LogP contribution in [-0.2, 0) is 0 Å². The molecule has 0 unspecified atom stereocenters. The maximum absolute atomic E-state index is 5.49. The molecule has 0 spiro atoms. The first-order valence-electron chi connectivity index (χ1n) is 26.2. The summed E-state index contributed by atoms with van der Waals surface area (Å²) in [6, 6.07) is 99.0. The summed E-state index contributed by atoms with van der Waals surface area (Å²) in [5.41, 5.74) is 17.7. The van der Waals surface area contributed by atoms with E-state index in [1.807, 2.05) is 12.1 Å². The second-order valence-corrected chi connectivity index (χ2v) is 19.1. The zero-order valence-corrected chi connectivity index (χ0v) is 42.3. The van der Waals surface area contributed by atoms with E-state index in [0.29, 0.717) is 5.95 Å². The van der Waals surface area contributed by atoms with Crippen LogP contribution in [0.5, 0.6) is 0 Å². The Morgan fingerprint density at radius 2 is 0.532 bits per heavy atom. The highest BCUT2D eigenvalue weighted by molar-refractivity contribution is 5.89. The van der Waals surface area contributed by atoms with Crippen molar-refractivity contribution in [3.05, 3.63) is 303 Å². The molecule has 11 aromatic rings. The number of anilines is 14. The van der Waals surface area contributed by atoms with Crippen LogP contribution in [0.3, 0.4) is 0 Å². The average Bonchev–Trinajstić information content (AvgIpc) is 3.50. The minimum atomic E-state index is 0.535. The van der Waals surface area contributed by atoms with E-state index in [0.717, 1.165) is 115 Å². The predicted molar refractivity (Wildman–Crippen MR) is 320 cm³/mol. The van der Waals surface area contributed by atoms with Gasteiger partial charge in [-0.2, -0.15) is 0 Å². The van der Waals surface area contributed by atoms with E-state index in [-0.39, 0.29) is 0 Å². The van der Waals surface area contributed by atoms with Gasteiger partial charge in [-0.15, -0.1) is 0 Å². The van der Waals surface area contributed by atoms with Crippen molar-refractivity contribution in [1.82, 2.24) is 9.97 Å². The van der Waals surface area contributed by atoms with Crippen LogP contribution in [0.1, 0.15) is 12.8 Å². The fraction of sp³-hybridized carbons (Fsp3) is 0.0286. The Morgan fingerprint density at radius 1 is 0.247 bits per heavy atom. The predicted octanol–water partition coefficient (Wildman–Crippen LogP) is 19.4. The molecule has 77 heavy (non-hydrogen) atoms. The summed E-state index contributed by atoms with van der Waals surface area (Å²) in [6.45, 7) is 0. The number of allylic oxidation sites excluding steroid dienone is 3. The van der Waals surface area contributed by atoms with Gasteiger partial charge in [0, 0.05) is 79.4 Å². The lowest BCUT2D eigenvalue weighted by molar-refractivity contribution is 0.997. The first-order valence-corrected chi connectivity index (χ1v) is 26.2. The van der Waals surface area contributed by atoms with Gasteiger partial charge in [-0.05, 0) is 152 Å². The highest BCUT2D eigenvalue weighted by Gasteiger charge is 2.25. The maximum Gasteiger partial charge on any atom is 0.235 e. The minimum absolute atomic E-state index is 0.535. The van der Waals surface area contributed by atoms with Crippen LogP contribution in [0.4, 0.5) is 79.9 Å². The molecule has 10 aromatic carbocycles. The number of rotatable bonds is 7. The summed E-state index contributed by atoms with van der Waals surface area (Å²) < 4.78 is 0. The zero-order valence-electron chi connectivity index (χ0n) is 42.3. The van der Waals surface area contributed by atoms with Gasteiger partial charge in [0.2, 0.25) is 5.95 Å². The van der Waals surface area contributed by atoms with E-state index in [2.05, 4.69) is 310 Å². The number of fused-ring (bicyclic) bond motifs is 10. The summed E-state index contributed by atoms with van der Waals surface area (Å²) in [4.78, 5) is 22.6. The Balaban J connectivity index is 1.10. The van der Waals surface area contributed by atoms with Gasteiger partial charge >= 0.3 is 0 Å². The average molecular weight is 992 g/mol. The van der Waals surface area contributed by atoms with E-state index >= 15 is 0 Å². The fourth-order valence-electron chi connectivity index (χ4n) is 10.6. The Morgan fingerprint density at radius 3 is 0.844 bits per heavy atom. The third-order valence-electron chi connectivity index (χ3n) is 14.1. The molecule has 0 N–H and O–H groups in total. The van der Waals surface area contributed by atoms with Gasteiger partial charge in [0.1, 0.15) is 0 Å². The van der Waals surface area contributed by atoms with Gasteiger partial charge in [-0.1, -0.05) is 158 Å². The highest BCUT2D eigenvalue weighted by Crippen LogP contribution is 2.47. The van der Waals surface area contributed by atoms with Gasteiger partial charge in [0.05, 0.1) is 22.8 Å². The van der Waals surface area contributed by atoms with Crippen LogP contribution in [0, 0.1) is 0 Å². The van der Waals surface area contributed by atoms with Crippen molar-refractivity contribution in [3.63, 3.8) is 0 Å². The number of hydrogen-bond donors (Lipinski definition) is 0. The molecule has 13 rings (SSSR count). The molecule has 1 aliphatic carbocycles. The van der Waals surface area contributed by atoms with Crippen LogP contribution in [-0.4, -0.2) is 9.97 Å². The molecule has 7 heteroatoms. The van der Waals surface area contributed by atoms with Gasteiger partial charge in [-0.3, -0.25) is 4.90 Å². The SMILES string of the molecule is C1=CC(N2c3cccc(c3)N(c3ccccc3)c3cccc(c3)N(c3ccccc3)c3cccc(c3)N(c3nc(-c4ccccc4)cc(-c4ccccc4)n3)c3cccc(c3)N(c3ccccc3)c3cccc2c3)=CCC1. The van der Waals surface area contributed by atoms with Crippen LogP contribution < -0.4 is 24.5 Å². The van der Waals surface area contributed by atoms with Crippen LogP contribution in [0.2, 0.25) is 0 Å². The van der Waals surface area contributed by atoms with Crippen molar-refractivity contribution in [3.8, 4) is 22.5 Å². The number of aromatic nitrogens is 2. The molecule has 1 aromatic heterocycles. The molecule has 7 nitrogen and oxygen atoms in total. The molecule has 10 bridgehead atoms. The molecule has 0 radical (unpaired) electrons. The van der Waals surface area contributed by atoms with Crippen molar-refractivity contribution in [2.75, 3.05) is 24.5 Å². The topological polar surface area (TPSA) is 42.0 Å². The van der Waals surface area contributed by atoms with Crippen LogP contribution in [0.25, 0.3) is 22.5 Å². The van der Waals surface area contributed by atoms with E-state index in [9.17, 15) is 0 Å². The molecule has 0 saturated heterocycles. The molecular formula is C70H53N7. The minimum Gasteiger partial charge on any atom is -0.311 e. The van der Waals surface area contributed by atoms with Gasteiger partial charge in [-0.25, -0.2) is 9.97 Å². The van der Waals surface area contributed by atoms with Crippen LogP contribution >= 0.6 is 0 Å². The van der Waals surface area contributed by atoms with Gasteiger partial charge in [0.15, 0.2) is 0 Å². The molecule has 0 amide bonds. The molecule has 368 valence electrons. The quantitative estimate of drug-likeness (QED) is 0.158. The maximum atomic E-state index is 5.49. The first kappa shape index (κ1) is 46.5. The first-order chi connectivity index (χ1) is 38.2. The van der Waals surface area contributed by atoms with Gasteiger partial charge in [0.25, 0.3) is 0 Å². The second-order valence-electron chi connectivity index (χ2n) is 19.1. The standard InChI is InChI=1S/C70H53N7/c1-7-24-52(25-8-1)68-51-69(53-26-9-2-10-27-53)72-70(71-68)77-66-44-22-42-64(49-66)75(56-32-15-5-16-33-56)62-40-20-38-60(47-62)73(54-28-11-3-12-29-54)58-36-19-37-59(46-58)74(55-30-13-4-14-31-55)61-39-21-41-63(48-61)76(57-34-17-6-18-35-57)65-43-23-45-67(77)50-65/h1-3,5-13,15-51H,4,14H2. The van der Waals surface area contributed by atoms with Crippen molar-refractivity contribution >= 4 is 79.9 Å². The van der Waals surface area contributed by atoms with E-state index in [1.54, 1.807) is 0 Å². The monoisotopic (exact) mass is 991 g/mol. The molecule has 0 atom stereocenters. The summed E-state index contributed by atoms with van der Waals surface area (Å²) in [5.74, 6) is 0.535. The second kappa shape index (κ2) is 20.9. The fourth-order valence-corrected chi connectivity index (χ4v) is 10.6. The Kier molecular flexibility index (Phi) is 12.7. The number of benzene rings is 10. The lowest BCUT2D eigenvalue weighted by atomic mass is 10.1. The third-order valence-corrected chi connectivity index (χ3v) is 14.1. The van der Waals surface area contributed by atoms with Crippen molar-refractivity contribution in [2.45, 2.75) is 12.8 Å². The van der Waals surface area contributed by atoms with Crippen molar-refractivity contribution in [1.29, 1.82) is 0 Å². The third kappa shape index (κ3) is 9.50. The molecule has 1 aliphatic heterocycles. The number of nitrogens with zero attached hydrogens (tertiary/aromatic N) is 7. The van der Waals surface area contributed by atoms with Crippen molar-refractivity contribution < 1.29 is 0 Å². The van der Waals surface area contributed by atoms with Crippen LogP contribution in [0.15, 0.2) is 303 Å². The summed E-state index contributed by atoms with van der Waals surface area (Å²) in [6.07, 6.45) is 8.86. The summed E-state index contributed by atoms with van der Waals surface area (Å²) >= 11 is 0. The largest absolute Gasteiger partial charge is 0.311 e. The Labute approximate surface area is 450 Å². The molecule has 2 aliphatic rings. The van der Waals surface area contributed by atoms with E-state index in [4.69, 9.17) is 9.97 Å². The zero-order chi connectivity index (χ0) is 51.3. The van der Waals surface area contributed by atoms with E-state index in [1.165, 1.54) is 0 Å². The molecule has 0 fully saturated rings. The lowest BCUT2D eigenvalue weighted by Gasteiger charge is -2.33. The molecule has 0 saturated carbocycles.